The Morgan fingerprint density at radius 2 is 2.15 bits per heavy atom. The van der Waals surface area contributed by atoms with Crippen molar-refractivity contribution in [3.05, 3.63) is 30.0 Å². The fraction of sp³-hybridized carbons (Fsp3) is 0.308. The van der Waals surface area contributed by atoms with Gasteiger partial charge in [0.15, 0.2) is 0 Å². The fourth-order valence-electron chi connectivity index (χ4n) is 1.77. The van der Waals surface area contributed by atoms with Gasteiger partial charge in [-0.15, -0.1) is 0 Å². The van der Waals surface area contributed by atoms with Crippen LogP contribution in [0.5, 0.6) is 5.75 Å². The van der Waals surface area contributed by atoms with Crippen molar-refractivity contribution in [1.82, 2.24) is 0 Å². The molecule has 0 aliphatic rings. The Balaban J connectivity index is 2.12. The van der Waals surface area contributed by atoms with Crippen LogP contribution in [0.25, 0.3) is 11.0 Å². The van der Waals surface area contributed by atoms with Gasteiger partial charge in [-0.1, -0.05) is 6.07 Å². The van der Waals surface area contributed by atoms with Crippen LogP contribution >= 0.6 is 0 Å². The summed E-state index contributed by atoms with van der Waals surface area (Å²) in [4.78, 5) is 10.9. The maximum Gasteiger partial charge on any atom is 0.371 e. The van der Waals surface area contributed by atoms with E-state index in [2.05, 4.69) is 0 Å². The minimum absolute atomic E-state index is 0.0503. The van der Waals surface area contributed by atoms with E-state index in [1.807, 2.05) is 0 Å². The largest absolute Gasteiger partial charge is 0.493 e. The summed E-state index contributed by atoms with van der Waals surface area (Å²) in [5.41, 5.74) is 0.419. The quantitative estimate of drug-likeness (QED) is 0.819. The first kappa shape index (κ1) is 14.4. The number of hydrogen-bond donors (Lipinski definition) is 1. The molecule has 2 rings (SSSR count). The third-order valence-electron chi connectivity index (χ3n) is 2.65. The molecule has 0 radical (unpaired) electrons. The average Bonchev–Trinajstić information content (AvgIpc) is 2.78. The molecular formula is C13H14O6S. The summed E-state index contributed by atoms with van der Waals surface area (Å²) in [6, 6.07) is 6.40. The zero-order valence-electron chi connectivity index (χ0n) is 10.8. The number of hydrogen-bond acceptors (Lipinski definition) is 5. The zero-order chi connectivity index (χ0) is 14.8. The van der Waals surface area contributed by atoms with E-state index < -0.39 is 15.8 Å². The molecule has 2 aromatic rings. The van der Waals surface area contributed by atoms with Gasteiger partial charge in [-0.2, -0.15) is 0 Å². The summed E-state index contributed by atoms with van der Waals surface area (Å²) >= 11 is 0. The number of rotatable bonds is 6. The number of aromatic carboxylic acids is 1. The van der Waals surface area contributed by atoms with Gasteiger partial charge in [-0.3, -0.25) is 0 Å². The molecule has 0 amide bonds. The maximum atomic E-state index is 11.0. The summed E-state index contributed by atoms with van der Waals surface area (Å²) < 4.78 is 32.6. The van der Waals surface area contributed by atoms with E-state index in [0.29, 0.717) is 23.1 Å². The fourth-order valence-corrected chi connectivity index (χ4v) is 2.41. The van der Waals surface area contributed by atoms with Gasteiger partial charge < -0.3 is 14.3 Å². The summed E-state index contributed by atoms with van der Waals surface area (Å²) in [6.45, 7) is 0.236. The van der Waals surface area contributed by atoms with Crippen molar-refractivity contribution in [2.45, 2.75) is 6.42 Å². The first-order valence-corrected chi connectivity index (χ1v) is 7.99. The number of furan rings is 1. The molecule has 7 heteroatoms. The Bertz CT molecular complexity index is 728. The van der Waals surface area contributed by atoms with Gasteiger partial charge in [-0.05, 0) is 18.6 Å². The van der Waals surface area contributed by atoms with Crippen LogP contribution in [0.3, 0.4) is 0 Å². The molecule has 0 bridgehead atoms. The Morgan fingerprint density at radius 1 is 1.40 bits per heavy atom. The second-order valence-corrected chi connectivity index (χ2v) is 6.68. The van der Waals surface area contributed by atoms with E-state index in [9.17, 15) is 13.2 Å². The molecule has 0 aliphatic carbocycles. The lowest BCUT2D eigenvalue weighted by molar-refractivity contribution is 0.0665. The van der Waals surface area contributed by atoms with Crippen LogP contribution in [0.15, 0.2) is 28.7 Å². The number of benzene rings is 1. The monoisotopic (exact) mass is 298 g/mol. The lowest BCUT2D eigenvalue weighted by Crippen LogP contribution is -2.08. The van der Waals surface area contributed by atoms with Crippen molar-refractivity contribution in [2.24, 2.45) is 0 Å². The Labute approximate surface area is 115 Å². The predicted octanol–water partition coefficient (Wildman–Crippen LogP) is 1.94. The molecule has 0 saturated carbocycles. The third kappa shape index (κ3) is 3.51. The van der Waals surface area contributed by atoms with Crippen molar-refractivity contribution >= 4 is 26.8 Å². The number of carboxylic acids is 1. The number of fused-ring (bicyclic) bond motifs is 1. The van der Waals surface area contributed by atoms with Crippen molar-refractivity contribution in [3.8, 4) is 5.75 Å². The molecule has 20 heavy (non-hydrogen) atoms. The highest BCUT2D eigenvalue weighted by atomic mass is 32.2. The minimum atomic E-state index is -3.00. The van der Waals surface area contributed by atoms with Gasteiger partial charge >= 0.3 is 5.97 Å². The van der Waals surface area contributed by atoms with Crippen LogP contribution in [-0.4, -0.2) is 38.1 Å². The molecule has 108 valence electrons. The lowest BCUT2D eigenvalue weighted by atomic mass is 10.2. The minimum Gasteiger partial charge on any atom is -0.493 e. The second kappa shape index (κ2) is 5.54. The molecule has 1 N–H and O–H groups in total. The number of ether oxygens (including phenoxy) is 1. The van der Waals surface area contributed by atoms with Gasteiger partial charge in [0, 0.05) is 12.3 Å². The molecule has 0 atom stereocenters. The maximum absolute atomic E-state index is 11.0. The lowest BCUT2D eigenvalue weighted by Gasteiger charge is -2.06. The van der Waals surface area contributed by atoms with Gasteiger partial charge in [0.2, 0.25) is 5.76 Å². The normalized spacial score (nSPS) is 11.7. The topological polar surface area (TPSA) is 93.8 Å². The number of carbonyl (C=O) groups is 1. The van der Waals surface area contributed by atoms with Crippen molar-refractivity contribution in [1.29, 1.82) is 0 Å². The van der Waals surface area contributed by atoms with Gasteiger partial charge in [0.1, 0.15) is 21.2 Å². The highest BCUT2D eigenvalue weighted by molar-refractivity contribution is 7.90. The van der Waals surface area contributed by atoms with E-state index in [-0.39, 0.29) is 18.1 Å². The Hall–Kier alpha value is -2.02. The highest BCUT2D eigenvalue weighted by Crippen LogP contribution is 2.28. The molecular weight excluding hydrogens is 284 g/mol. The predicted molar refractivity (Wildman–Crippen MR) is 73.0 cm³/mol. The molecule has 0 aliphatic heterocycles. The first-order valence-electron chi connectivity index (χ1n) is 5.93. The molecule has 1 aromatic carbocycles. The summed E-state index contributed by atoms with van der Waals surface area (Å²) in [7, 11) is -3.00. The van der Waals surface area contributed by atoms with Crippen LogP contribution in [-0.2, 0) is 9.84 Å². The van der Waals surface area contributed by atoms with Crippen LogP contribution in [0, 0.1) is 0 Å². The molecule has 0 saturated heterocycles. The van der Waals surface area contributed by atoms with Crippen LogP contribution < -0.4 is 4.74 Å². The van der Waals surface area contributed by atoms with Crippen molar-refractivity contribution in [3.63, 3.8) is 0 Å². The smallest absolute Gasteiger partial charge is 0.371 e. The van der Waals surface area contributed by atoms with Crippen LogP contribution in [0.4, 0.5) is 0 Å². The van der Waals surface area contributed by atoms with E-state index in [1.54, 1.807) is 18.2 Å². The van der Waals surface area contributed by atoms with Crippen molar-refractivity contribution < 1.29 is 27.5 Å². The van der Waals surface area contributed by atoms with E-state index in [0.717, 1.165) is 0 Å². The molecule has 0 unspecified atom stereocenters. The van der Waals surface area contributed by atoms with Crippen molar-refractivity contribution in [2.75, 3.05) is 18.6 Å². The Kier molecular flexibility index (Phi) is 3.99. The third-order valence-corrected chi connectivity index (χ3v) is 3.68. The standard InChI is InChI=1S/C13H14O6S/c1-20(16,17)7-3-6-18-10-4-2-5-11-9(10)8-12(19-11)13(14)15/h2,4-5,8H,3,6-7H2,1H3,(H,14,15). The molecule has 0 fully saturated rings. The summed E-state index contributed by atoms with van der Waals surface area (Å²) in [5.74, 6) is -0.780. The summed E-state index contributed by atoms with van der Waals surface area (Å²) in [5, 5.41) is 9.44. The van der Waals surface area contributed by atoms with Gasteiger partial charge in [0.25, 0.3) is 0 Å². The zero-order valence-corrected chi connectivity index (χ0v) is 11.6. The van der Waals surface area contributed by atoms with Crippen LogP contribution in [0.2, 0.25) is 0 Å². The van der Waals surface area contributed by atoms with E-state index in [1.165, 1.54) is 12.3 Å². The van der Waals surface area contributed by atoms with Gasteiger partial charge in [-0.25, -0.2) is 13.2 Å². The highest BCUT2D eigenvalue weighted by Gasteiger charge is 2.13. The Morgan fingerprint density at radius 3 is 2.80 bits per heavy atom. The first-order chi connectivity index (χ1) is 9.37. The SMILES string of the molecule is CS(=O)(=O)CCCOc1cccc2oc(C(=O)O)cc12. The van der Waals surface area contributed by atoms with E-state index >= 15 is 0 Å². The molecule has 1 heterocycles. The molecule has 6 nitrogen and oxygen atoms in total. The molecule has 0 spiro atoms. The number of carboxylic acid groups (broad SMARTS) is 1. The second-order valence-electron chi connectivity index (χ2n) is 4.42. The average molecular weight is 298 g/mol. The van der Waals surface area contributed by atoms with Gasteiger partial charge in [0.05, 0.1) is 17.7 Å². The molecule has 1 aromatic heterocycles. The summed E-state index contributed by atoms with van der Waals surface area (Å²) in [6.07, 6.45) is 1.54. The van der Waals surface area contributed by atoms with E-state index in [4.69, 9.17) is 14.3 Å². The van der Waals surface area contributed by atoms with Crippen LogP contribution in [0.1, 0.15) is 17.0 Å². The number of sulfone groups is 1.